The van der Waals surface area contributed by atoms with E-state index in [2.05, 4.69) is 19.3 Å². The molecule has 2 atom stereocenters. The summed E-state index contributed by atoms with van der Waals surface area (Å²) in [6.45, 7) is 3.42. The molecule has 2 saturated carbocycles. The average Bonchev–Trinajstić information content (AvgIpc) is 2.57. The van der Waals surface area contributed by atoms with Crippen molar-refractivity contribution in [3.8, 4) is 0 Å². The molecule has 0 aromatic heterocycles. The third-order valence-electron chi connectivity index (χ3n) is 4.77. The summed E-state index contributed by atoms with van der Waals surface area (Å²) in [7, 11) is 2.07. The molecule has 0 aromatic carbocycles. The summed E-state index contributed by atoms with van der Waals surface area (Å²) in [5.74, 6) is 0.831. The molecule has 2 unspecified atom stereocenters. The van der Waals surface area contributed by atoms with Crippen LogP contribution in [0.2, 0.25) is 0 Å². The number of nitrogens with one attached hydrogen (secondary N) is 1. The van der Waals surface area contributed by atoms with Gasteiger partial charge in [0.05, 0.1) is 11.7 Å². The van der Waals surface area contributed by atoms with E-state index in [0.717, 1.165) is 12.5 Å². The second-order valence-electron chi connectivity index (χ2n) is 6.65. The van der Waals surface area contributed by atoms with Crippen LogP contribution in [0.15, 0.2) is 0 Å². The first kappa shape index (κ1) is 14.3. The summed E-state index contributed by atoms with van der Waals surface area (Å²) in [6.07, 6.45) is 13.9. The maximum absolute atomic E-state index is 6.65. The molecule has 2 fully saturated rings. The van der Waals surface area contributed by atoms with Crippen molar-refractivity contribution in [3.05, 3.63) is 0 Å². The van der Waals surface area contributed by atoms with Gasteiger partial charge in [0, 0.05) is 6.54 Å². The van der Waals surface area contributed by atoms with E-state index in [1.807, 2.05) is 0 Å². The van der Waals surface area contributed by atoms with Crippen LogP contribution in [0, 0.1) is 5.92 Å². The van der Waals surface area contributed by atoms with Crippen molar-refractivity contribution >= 4 is 0 Å². The minimum absolute atomic E-state index is 0.140. The van der Waals surface area contributed by atoms with Crippen molar-refractivity contribution in [2.45, 2.75) is 82.8 Å². The predicted octanol–water partition coefficient (Wildman–Crippen LogP) is 3.89. The molecule has 0 aromatic rings. The summed E-state index contributed by atoms with van der Waals surface area (Å²) in [5, 5.41) is 3.38. The SMILES string of the molecule is CNCC1(OC2CCCCCC2)CCCC(C)C1. The van der Waals surface area contributed by atoms with Crippen LogP contribution >= 0.6 is 0 Å². The van der Waals surface area contributed by atoms with Crippen LogP contribution in [0.25, 0.3) is 0 Å². The second kappa shape index (κ2) is 6.91. The topological polar surface area (TPSA) is 21.3 Å². The van der Waals surface area contributed by atoms with Gasteiger partial charge in [-0.05, 0) is 38.6 Å². The number of rotatable bonds is 4. The highest BCUT2D eigenvalue weighted by molar-refractivity contribution is 4.90. The number of ether oxygens (including phenoxy) is 1. The average molecular weight is 253 g/mol. The Labute approximate surface area is 113 Å². The molecule has 0 heterocycles. The van der Waals surface area contributed by atoms with E-state index in [1.54, 1.807) is 0 Å². The molecule has 1 N–H and O–H groups in total. The van der Waals surface area contributed by atoms with Gasteiger partial charge in [0.2, 0.25) is 0 Å². The smallest absolute Gasteiger partial charge is 0.0812 e. The maximum Gasteiger partial charge on any atom is 0.0812 e. The molecule has 2 heteroatoms. The van der Waals surface area contributed by atoms with Crippen LogP contribution in [0.1, 0.15) is 71.1 Å². The molecule has 2 nitrogen and oxygen atoms in total. The largest absolute Gasteiger partial charge is 0.370 e. The third-order valence-corrected chi connectivity index (χ3v) is 4.77. The van der Waals surface area contributed by atoms with Gasteiger partial charge in [0.15, 0.2) is 0 Å². The van der Waals surface area contributed by atoms with Crippen LogP contribution in [-0.4, -0.2) is 25.3 Å². The molecular formula is C16H31NO. The fourth-order valence-corrected chi connectivity index (χ4v) is 3.96. The van der Waals surface area contributed by atoms with Crippen LogP contribution < -0.4 is 5.32 Å². The molecule has 0 aliphatic heterocycles. The Morgan fingerprint density at radius 1 is 1.06 bits per heavy atom. The maximum atomic E-state index is 6.65. The molecular weight excluding hydrogens is 222 g/mol. The molecule has 18 heavy (non-hydrogen) atoms. The summed E-state index contributed by atoms with van der Waals surface area (Å²) in [5.41, 5.74) is 0.140. The van der Waals surface area contributed by atoms with Crippen molar-refractivity contribution in [2.24, 2.45) is 5.92 Å². The van der Waals surface area contributed by atoms with Crippen LogP contribution in [-0.2, 0) is 4.74 Å². The van der Waals surface area contributed by atoms with E-state index in [9.17, 15) is 0 Å². The summed E-state index contributed by atoms with van der Waals surface area (Å²) in [6, 6.07) is 0. The zero-order chi connectivity index (χ0) is 12.8. The minimum atomic E-state index is 0.140. The third kappa shape index (κ3) is 3.96. The Morgan fingerprint density at radius 3 is 2.39 bits per heavy atom. The van der Waals surface area contributed by atoms with E-state index in [4.69, 9.17) is 4.74 Å². The lowest BCUT2D eigenvalue weighted by atomic mass is 9.78. The van der Waals surface area contributed by atoms with Gasteiger partial charge in [-0.2, -0.15) is 0 Å². The normalized spacial score (nSPS) is 35.3. The van der Waals surface area contributed by atoms with Gasteiger partial charge in [0.25, 0.3) is 0 Å². The Bertz CT molecular complexity index is 231. The van der Waals surface area contributed by atoms with Crippen LogP contribution in [0.5, 0.6) is 0 Å². The molecule has 2 aliphatic rings. The van der Waals surface area contributed by atoms with Gasteiger partial charge in [-0.3, -0.25) is 0 Å². The first-order chi connectivity index (χ1) is 8.74. The van der Waals surface area contributed by atoms with Gasteiger partial charge < -0.3 is 10.1 Å². The molecule has 0 radical (unpaired) electrons. The van der Waals surface area contributed by atoms with Crippen LogP contribution in [0.4, 0.5) is 0 Å². The second-order valence-corrected chi connectivity index (χ2v) is 6.65. The van der Waals surface area contributed by atoms with Crippen LogP contribution in [0.3, 0.4) is 0 Å². The monoisotopic (exact) mass is 253 g/mol. The lowest BCUT2D eigenvalue weighted by Crippen LogP contribution is -2.47. The number of hydrogen-bond acceptors (Lipinski definition) is 2. The highest BCUT2D eigenvalue weighted by Crippen LogP contribution is 2.37. The minimum Gasteiger partial charge on any atom is -0.370 e. The van der Waals surface area contributed by atoms with Crippen molar-refractivity contribution < 1.29 is 4.74 Å². The Hall–Kier alpha value is -0.0800. The summed E-state index contributed by atoms with van der Waals surface area (Å²) >= 11 is 0. The first-order valence-corrected chi connectivity index (χ1v) is 8.06. The zero-order valence-corrected chi connectivity index (χ0v) is 12.3. The van der Waals surface area contributed by atoms with Gasteiger partial charge in [-0.25, -0.2) is 0 Å². The summed E-state index contributed by atoms with van der Waals surface area (Å²) in [4.78, 5) is 0. The fourth-order valence-electron chi connectivity index (χ4n) is 3.96. The lowest BCUT2D eigenvalue weighted by molar-refractivity contribution is -0.123. The molecule has 106 valence electrons. The van der Waals surface area contributed by atoms with Gasteiger partial charge in [0.1, 0.15) is 0 Å². The first-order valence-electron chi connectivity index (χ1n) is 8.06. The van der Waals surface area contributed by atoms with E-state index in [-0.39, 0.29) is 5.60 Å². The van der Waals surface area contributed by atoms with Crippen molar-refractivity contribution in [3.63, 3.8) is 0 Å². The molecule has 0 bridgehead atoms. The molecule has 0 saturated heterocycles. The Balaban J connectivity index is 1.95. The number of likely N-dealkylation sites (N-methyl/N-ethyl adjacent to an activating group) is 1. The van der Waals surface area contributed by atoms with E-state index < -0.39 is 0 Å². The lowest BCUT2D eigenvalue weighted by Gasteiger charge is -2.42. The zero-order valence-electron chi connectivity index (χ0n) is 12.3. The molecule has 2 rings (SSSR count). The molecule has 2 aliphatic carbocycles. The summed E-state index contributed by atoms with van der Waals surface area (Å²) < 4.78 is 6.65. The fraction of sp³-hybridized carbons (Fsp3) is 1.00. The highest BCUT2D eigenvalue weighted by Gasteiger charge is 2.37. The van der Waals surface area contributed by atoms with Crippen molar-refractivity contribution in [1.82, 2.24) is 5.32 Å². The number of hydrogen-bond donors (Lipinski definition) is 1. The standard InChI is InChI=1S/C16H31NO/c1-14-8-7-11-16(12-14,13-17-2)18-15-9-5-3-4-6-10-15/h14-15,17H,3-13H2,1-2H3. The highest BCUT2D eigenvalue weighted by atomic mass is 16.5. The van der Waals surface area contributed by atoms with Gasteiger partial charge in [-0.15, -0.1) is 0 Å². The van der Waals surface area contributed by atoms with E-state index >= 15 is 0 Å². The Kier molecular flexibility index (Phi) is 5.50. The van der Waals surface area contributed by atoms with Gasteiger partial charge >= 0.3 is 0 Å². The van der Waals surface area contributed by atoms with Crippen molar-refractivity contribution in [2.75, 3.05) is 13.6 Å². The van der Waals surface area contributed by atoms with E-state index in [1.165, 1.54) is 64.2 Å². The predicted molar refractivity (Wildman–Crippen MR) is 76.9 cm³/mol. The van der Waals surface area contributed by atoms with Crippen molar-refractivity contribution in [1.29, 1.82) is 0 Å². The Morgan fingerprint density at radius 2 is 1.78 bits per heavy atom. The van der Waals surface area contributed by atoms with E-state index in [0.29, 0.717) is 6.10 Å². The van der Waals surface area contributed by atoms with Gasteiger partial charge in [-0.1, -0.05) is 45.4 Å². The molecule has 0 amide bonds. The quantitative estimate of drug-likeness (QED) is 0.767. The molecule has 0 spiro atoms.